The molecule has 0 aromatic heterocycles. The van der Waals surface area contributed by atoms with Gasteiger partial charge in [0.05, 0.1) is 0 Å². The van der Waals surface area contributed by atoms with Crippen molar-refractivity contribution in [1.29, 1.82) is 0 Å². The summed E-state index contributed by atoms with van der Waals surface area (Å²) in [5, 5.41) is 4.94. The second kappa shape index (κ2) is 14.5. The molecule has 0 unspecified atom stereocenters. The van der Waals surface area contributed by atoms with Crippen molar-refractivity contribution in [2.24, 2.45) is 0 Å². The van der Waals surface area contributed by atoms with Crippen LogP contribution in [0, 0.1) is 0 Å². The Morgan fingerprint density at radius 2 is 0.321 bits per heavy atom. The van der Waals surface area contributed by atoms with Crippen LogP contribution in [0.3, 0.4) is 0 Å². The Morgan fingerprint density at radius 1 is 0.143 bits per heavy atom. The van der Waals surface area contributed by atoms with E-state index < -0.39 is 0 Å². The van der Waals surface area contributed by atoms with Gasteiger partial charge in [0.2, 0.25) is 0 Å². The number of allylic oxidation sites excluding steroid dienone is 4. The van der Waals surface area contributed by atoms with Crippen LogP contribution >= 0.6 is 0 Å². The van der Waals surface area contributed by atoms with Crippen molar-refractivity contribution in [2.45, 2.75) is 0 Å². The average Bonchev–Trinajstić information content (AvgIpc) is 3.28. The third-order valence-electron chi connectivity index (χ3n) is 11.1. The van der Waals surface area contributed by atoms with Crippen LogP contribution in [0.15, 0.2) is 231 Å². The van der Waals surface area contributed by atoms with Gasteiger partial charge in [-0.25, -0.2) is 0 Å². The first-order valence-corrected chi connectivity index (χ1v) is 19.4. The first kappa shape index (κ1) is 33.3. The van der Waals surface area contributed by atoms with Gasteiger partial charge in [0.25, 0.3) is 0 Å². The molecule has 0 spiro atoms. The molecule has 0 radical (unpaired) electrons. The summed E-state index contributed by atoms with van der Waals surface area (Å²) in [5.41, 5.74) is 16.7. The SMILES string of the molecule is c1ccc(C2=C(c3ccccc3)/C(c3ccccc3)=C(/c3ccccc3)c3c(c4ccccc4c4ccccc34)/C(c3ccccc3)=C\2c2ccccc2)cc1. The maximum Gasteiger partial charge on any atom is -0.000741 e. The number of hydrogen-bond donors (Lipinski definition) is 0. The molecule has 0 heteroatoms. The molecule has 1 aliphatic carbocycles. The van der Waals surface area contributed by atoms with E-state index in [0.717, 1.165) is 22.3 Å². The molecule has 0 amide bonds. The van der Waals surface area contributed by atoms with E-state index >= 15 is 0 Å². The van der Waals surface area contributed by atoms with E-state index in [2.05, 4.69) is 231 Å². The molecule has 0 N–H and O–H groups in total. The lowest BCUT2D eigenvalue weighted by atomic mass is 9.70. The molecule has 0 bridgehead atoms. The third kappa shape index (κ3) is 5.72. The normalized spacial score (nSPS) is 17.0. The standard InChI is InChI=1S/C56H38/c1-7-23-39(24-8-1)49-50(40-25-9-2-10-26-40)52(42-29-13-4-14-30-42)54(44-33-17-6-18-34-44)56-48-38-22-20-36-46(48)45-35-19-21-37-47(45)55(56)53(43-31-15-5-16-32-43)51(49)41-27-11-3-12-28-41/h1-38H/b50-49-,51-49?,52-50?,53-51-,54-52-,55-53?,56-54?. The first-order chi connectivity index (χ1) is 27.9. The van der Waals surface area contributed by atoms with E-state index in [-0.39, 0.29) is 0 Å². The minimum atomic E-state index is 1.16. The summed E-state index contributed by atoms with van der Waals surface area (Å²) in [6, 6.07) is 84.4. The van der Waals surface area contributed by atoms with Gasteiger partial charge in [-0.2, -0.15) is 0 Å². The summed E-state index contributed by atoms with van der Waals surface area (Å²) < 4.78 is 0. The van der Waals surface area contributed by atoms with Crippen LogP contribution in [0.4, 0.5) is 0 Å². The minimum Gasteiger partial charge on any atom is -0.0622 e. The summed E-state index contributed by atoms with van der Waals surface area (Å²) in [6.07, 6.45) is 0. The van der Waals surface area contributed by atoms with Gasteiger partial charge in [0.15, 0.2) is 0 Å². The summed E-state index contributed by atoms with van der Waals surface area (Å²) in [4.78, 5) is 0. The summed E-state index contributed by atoms with van der Waals surface area (Å²) in [6.45, 7) is 0. The molecule has 262 valence electrons. The maximum atomic E-state index is 2.34. The van der Waals surface area contributed by atoms with Gasteiger partial charge in [-0.1, -0.05) is 231 Å². The Labute approximate surface area is 328 Å². The number of rotatable bonds is 6. The summed E-state index contributed by atoms with van der Waals surface area (Å²) in [7, 11) is 0. The molecule has 10 rings (SSSR count). The van der Waals surface area contributed by atoms with Gasteiger partial charge >= 0.3 is 0 Å². The first-order valence-electron chi connectivity index (χ1n) is 19.4. The molecule has 0 saturated heterocycles. The van der Waals surface area contributed by atoms with E-state index in [0.29, 0.717) is 0 Å². The number of hydrogen-bond acceptors (Lipinski definition) is 0. The monoisotopic (exact) mass is 710 g/mol. The molecule has 9 aromatic carbocycles. The van der Waals surface area contributed by atoms with Crippen molar-refractivity contribution >= 4 is 55.0 Å². The van der Waals surface area contributed by atoms with E-state index in [9.17, 15) is 0 Å². The Kier molecular flexibility index (Phi) is 8.63. The van der Waals surface area contributed by atoms with Crippen molar-refractivity contribution in [3.63, 3.8) is 0 Å². The number of benzene rings is 9. The fourth-order valence-corrected chi connectivity index (χ4v) is 8.77. The average molecular weight is 711 g/mol. The second-order valence-corrected chi connectivity index (χ2v) is 14.3. The lowest BCUT2D eigenvalue weighted by Gasteiger charge is -2.33. The highest BCUT2D eigenvalue weighted by Crippen LogP contribution is 2.56. The van der Waals surface area contributed by atoms with Crippen LogP contribution < -0.4 is 0 Å². The Hall–Kier alpha value is -7.28. The zero-order valence-corrected chi connectivity index (χ0v) is 30.9. The fraction of sp³-hybridized carbons (Fsp3) is 0. The van der Waals surface area contributed by atoms with Gasteiger partial charge < -0.3 is 0 Å². The van der Waals surface area contributed by atoms with Crippen molar-refractivity contribution in [2.75, 3.05) is 0 Å². The summed E-state index contributed by atoms with van der Waals surface area (Å²) >= 11 is 0. The van der Waals surface area contributed by atoms with E-state index in [4.69, 9.17) is 0 Å². The molecule has 0 saturated carbocycles. The molecule has 0 heterocycles. The molecule has 0 nitrogen and oxygen atoms in total. The van der Waals surface area contributed by atoms with Crippen LogP contribution in [0.25, 0.3) is 55.0 Å². The molecular weight excluding hydrogens is 673 g/mol. The lowest BCUT2D eigenvalue weighted by Crippen LogP contribution is -2.10. The van der Waals surface area contributed by atoms with Crippen LogP contribution in [0.1, 0.15) is 44.5 Å². The minimum absolute atomic E-state index is 1.16. The van der Waals surface area contributed by atoms with Crippen LogP contribution in [-0.2, 0) is 0 Å². The largest absolute Gasteiger partial charge is 0.0622 e. The zero-order valence-electron chi connectivity index (χ0n) is 30.9. The Morgan fingerprint density at radius 3 is 0.571 bits per heavy atom. The summed E-state index contributed by atoms with van der Waals surface area (Å²) in [5.74, 6) is 0. The molecule has 9 aromatic rings. The predicted octanol–water partition coefficient (Wildman–Crippen LogP) is 14.5. The highest BCUT2D eigenvalue weighted by Gasteiger charge is 2.33. The van der Waals surface area contributed by atoms with Crippen LogP contribution in [-0.4, -0.2) is 0 Å². The van der Waals surface area contributed by atoms with Crippen molar-refractivity contribution in [3.8, 4) is 0 Å². The van der Waals surface area contributed by atoms with Crippen LogP contribution in [0.5, 0.6) is 0 Å². The lowest BCUT2D eigenvalue weighted by molar-refractivity contribution is 1.49. The van der Waals surface area contributed by atoms with Gasteiger partial charge in [-0.3, -0.25) is 0 Å². The quantitative estimate of drug-likeness (QED) is 0.151. The molecule has 56 heavy (non-hydrogen) atoms. The van der Waals surface area contributed by atoms with E-state index in [1.165, 1.54) is 77.2 Å². The molecule has 0 atom stereocenters. The Balaban J connectivity index is 1.61. The molecule has 1 aliphatic rings. The van der Waals surface area contributed by atoms with Gasteiger partial charge in [-0.15, -0.1) is 0 Å². The van der Waals surface area contributed by atoms with Gasteiger partial charge in [0, 0.05) is 0 Å². The van der Waals surface area contributed by atoms with E-state index in [1.807, 2.05) is 0 Å². The van der Waals surface area contributed by atoms with Crippen LogP contribution in [0.2, 0.25) is 0 Å². The van der Waals surface area contributed by atoms with E-state index in [1.54, 1.807) is 0 Å². The maximum absolute atomic E-state index is 2.34. The Bertz CT molecular complexity index is 2730. The number of fused-ring (bicyclic) bond motifs is 6. The smallest absolute Gasteiger partial charge is 0.000741 e. The third-order valence-corrected chi connectivity index (χ3v) is 11.1. The molecule has 0 aliphatic heterocycles. The van der Waals surface area contributed by atoms with Crippen molar-refractivity contribution in [1.82, 2.24) is 0 Å². The highest BCUT2D eigenvalue weighted by atomic mass is 14.4. The fourth-order valence-electron chi connectivity index (χ4n) is 8.77. The highest BCUT2D eigenvalue weighted by molar-refractivity contribution is 6.38. The second-order valence-electron chi connectivity index (χ2n) is 14.3. The predicted molar refractivity (Wildman–Crippen MR) is 239 cm³/mol. The van der Waals surface area contributed by atoms with Gasteiger partial charge in [0.1, 0.15) is 0 Å². The zero-order chi connectivity index (χ0) is 37.3. The van der Waals surface area contributed by atoms with Crippen molar-refractivity contribution in [3.05, 3.63) is 275 Å². The topological polar surface area (TPSA) is 0 Å². The van der Waals surface area contributed by atoms with Gasteiger partial charge in [-0.05, 0) is 99.5 Å². The molecule has 0 fully saturated rings. The molecular formula is C56H38. The van der Waals surface area contributed by atoms with Crippen molar-refractivity contribution < 1.29 is 0 Å².